The molecule has 0 aliphatic rings. The molecule has 4 rings (SSSR count). The van der Waals surface area contributed by atoms with Crippen LogP contribution >= 0.6 is 11.3 Å². The molecule has 6 heteroatoms. The Hall–Kier alpha value is -2.70. The summed E-state index contributed by atoms with van der Waals surface area (Å²) in [6.07, 6.45) is 0. The van der Waals surface area contributed by atoms with Gasteiger partial charge in [-0.25, -0.2) is 4.39 Å². The van der Waals surface area contributed by atoms with E-state index in [-0.39, 0.29) is 5.82 Å². The first-order chi connectivity index (χ1) is 12.8. The van der Waals surface area contributed by atoms with Crippen LogP contribution in [0.25, 0.3) is 21.5 Å². The lowest BCUT2D eigenvalue weighted by Gasteiger charge is -2.09. The zero-order valence-electron chi connectivity index (χ0n) is 13.9. The van der Waals surface area contributed by atoms with Crippen LogP contribution in [0.2, 0.25) is 0 Å². The Kier molecular flexibility index (Phi) is 4.95. The predicted octanol–water partition coefficient (Wildman–Crippen LogP) is 4.86. The number of fused-ring (bicyclic) bond motifs is 1. The standard InChI is InChI=1S/C20H17FN2O2S/c21-17-7-2-1-4-15(17)13-22-9-10-24-16-6-3-5-14(12-16)19-20-18(25-23-19)8-11-26-20/h1-8,11-12,22H,9-10,13H2. The summed E-state index contributed by atoms with van der Waals surface area (Å²) in [5, 5.41) is 9.32. The predicted molar refractivity (Wildman–Crippen MR) is 101 cm³/mol. The van der Waals surface area contributed by atoms with Crippen LogP contribution in [0.3, 0.4) is 0 Å². The summed E-state index contributed by atoms with van der Waals surface area (Å²) in [6, 6.07) is 16.5. The highest BCUT2D eigenvalue weighted by atomic mass is 32.1. The number of nitrogens with zero attached hydrogens (tertiary/aromatic N) is 1. The van der Waals surface area contributed by atoms with Gasteiger partial charge in [0.2, 0.25) is 0 Å². The molecule has 2 heterocycles. The van der Waals surface area contributed by atoms with Gasteiger partial charge in [-0.05, 0) is 29.6 Å². The molecule has 0 amide bonds. The van der Waals surface area contributed by atoms with Crippen LogP contribution in [-0.4, -0.2) is 18.3 Å². The number of halogens is 1. The Labute approximate surface area is 154 Å². The fraction of sp³-hybridized carbons (Fsp3) is 0.150. The van der Waals surface area contributed by atoms with E-state index < -0.39 is 0 Å². The highest BCUT2D eigenvalue weighted by molar-refractivity contribution is 7.17. The van der Waals surface area contributed by atoms with E-state index in [4.69, 9.17) is 9.26 Å². The molecule has 2 aromatic heterocycles. The number of hydrogen-bond acceptors (Lipinski definition) is 5. The van der Waals surface area contributed by atoms with Crippen LogP contribution in [0.5, 0.6) is 5.75 Å². The van der Waals surface area contributed by atoms with Crippen molar-refractivity contribution in [2.45, 2.75) is 6.54 Å². The van der Waals surface area contributed by atoms with Crippen molar-refractivity contribution in [1.82, 2.24) is 10.5 Å². The maximum Gasteiger partial charge on any atom is 0.178 e. The summed E-state index contributed by atoms with van der Waals surface area (Å²) in [5.41, 5.74) is 3.25. The Morgan fingerprint density at radius 3 is 2.96 bits per heavy atom. The van der Waals surface area contributed by atoms with Crippen LogP contribution in [0.4, 0.5) is 4.39 Å². The van der Waals surface area contributed by atoms with Gasteiger partial charge in [-0.15, -0.1) is 11.3 Å². The molecule has 2 aromatic carbocycles. The highest BCUT2D eigenvalue weighted by Crippen LogP contribution is 2.33. The third-order valence-corrected chi connectivity index (χ3v) is 4.91. The summed E-state index contributed by atoms with van der Waals surface area (Å²) in [7, 11) is 0. The maximum absolute atomic E-state index is 13.5. The van der Waals surface area contributed by atoms with E-state index in [0.29, 0.717) is 25.3 Å². The Morgan fingerprint density at radius 1 is 1.12 bits per heavy atom. The summed E-state index contributed by atoms with van der Waals surface area (Å²) >= 11 is 1.61. The molecular weight excluding hydrogens is 351 g/mol. The molecule has 0 fully saturated rings. The largest absolute Gasteiger partial charge is 0.492 e. The number of thiophene rings is 1. The molecule has 4 nitrogen and oxygen atoms in total. The first-order valence-electron chi connectivity index (χ1n) is 8.31. The molecule has 132 valence electrons. The van der Waals surface area contributed by atoms with Crippen molar-refractivity contribution in [2.75, 3.05) is 13.2 Å². The third kappa shape index (κ3) is 3.61. The van der Waals surface area contributed by atoms with Crippen molar-refractivity contribution in [2.24, 2.45) is 0 Å². The van der Waals surface area contributed by atoms with E-state index in [9.17, 15) is 4.39 Å². The second kappa shape index (κ2) is 7.68. The van der Waals surface area contributed by atoms with Crippen molar-refractivity contribution in [1.29, 1.82) is 0 Å². The first kappa shape index (κ1) is 16.8. The van der Waals surface area contributed by atoms with E-state index in [1.165, 1.54) is 6.07 Å². The van der Waals surface area contributed by atoms with Gasteiger partial charge in [0.25, 0.3) is 0 Å². The molecule has 0 spiro atoms. The molecule has 1 N–H and O–H groups in total. The van der Waals surface area contributed by atoms with Crippen molar-refractivity contribution >= 4 is 21.6 Å². The van der Waals surface area contributed by atoms with Gasteiger partial charge in [0.15, 0.2) is 5.58 Å². The number of ether oxygens (including phenoxy) is 1. The molecule has 0 radical (unpaired) electrons. The van der Waals surface area contributed by atoms with Crippen molar-refractivity contribution in [3.63, 3.8) is 0 Å². The molecule has 0 bridgehead atoms. The number of benzene rings is 2. The topological polar surface area (TPSA) is 47.3 Å². The Balaban J connectivity index is 1.33. The molecule has 0 saturated heterocycles. The van der Waals surface area contributed by atoms with Gasteiger partial charge in [-0.1, -0.05) is 35.5 Å². The van der Waals surface area contributed by atoms with Crippen LogP contribution < -0.4 is 10.1 Å². The van der Waals surface area contributed by atoms with Crippen LogP contribution in [0.1, 0.15) is 5.56 Å². The summed E-state index contributed by atoms with van der Waals surface area (Å²) in [6.45, 7) is 1.59. The molecule has 26 heavy (non-hydrogen) atoms. The van der Waals surface area contributed by atoms with Gasteiger partial charge in [0.05, 0.1) is 0 Å². The van der Waals surface area contributed by atoms with E-state index in [2.05, 4.69) is 10.5 Å². The molecule has 0 atom stereocenters. The van der Waals surface area contributed by atoms with Crippen molar-refractivity contribution in [3.8, 4) is 17.0 Å². The molecule has 0 unspecified atom stereocenters. The lowest BCUT2D eigenvalue weighted by Crippen LogP contribution is -2.21. The normalized spacial score (nSPS) is 11.1. The smallest absolute Gasteiger partial charge is 0.178 e. The van der Waals surface area contributed by atoms with E-state index in [0.717, 1.165) is 27.3 Å². The Morgan fingerprint density at radius 2 is 2.04 bits per heavy atom. The highest BCUT2D eigenvalue weighted by Gasteiger charge is 2.12. The minimum atomic E-state index is -0.193. The zero-order valence-corrected chi connectivity index (χ0v) is 14.8. The number of nitrogens with one attached hydrogen (secondary N) is 1. The zero-order chi connectivity index (χ0) is 17.8. The minimum Gasteiger partial charge on any atom is -0.492 e. The second-order valence-electron chi connectivity index (χ2n) is 5.79. The molecule has 4 aromatic rings. The first-order valence-corrected chi connectivity index (χ1v) is 9.19. The molecule has 0 aliphatic carbocycles. The summed E-state index contributed by atoms with van der Waals surface area (Å²) in [5.74, 6) is 0.573. The number of rotatable bonds is 7. The van der Waals surface area contributed by atoms with E-state index >= 15 is 0 Å². The number of hydrogen-bond donors (Lipinski definition) is 1. The average Bonchev–Trinajstić information content (AvgIpc) is 3.27. The fourth-order valence-electron chi connectivity index (χ4n) is 2.70. The minimum absolute atomic E-state index is 0.193. The SMILES string of the molecule is Fc1ccccc1CNCCOc1cccc(-c2noc3ccsc23)c1. The van der Waals surface area contributed by atoms with E-state index in [1.807, 2.05) is 41.8 Å². The van der Waals surface area contributed by atoms with Gasteiger partial charge in [-0.2, -0.15) is 0 Å². The number of aromatic nitrogens is 1. The monoisotopic (exact) mass is 368 g/mol. The van der Waals surface area contributed by atoms with Gasteiger partial charge < -0.3 is 14.6 Å². The van der Waals surface area contributed by atoms with Gasteiger partial charge in [0.1, 0.15) is 28.6 Å². The van der Waals surface area contributed by atoms with Crippen LogP contribution in [-0.2, 0) is 6.54 Å². The third-order valence-electron chi connectivity index (χ3n) is 4.01. The lowest BCUT2D eigenvalue weighted by molar-refractivity contribution is 0.313. The summed E-state index contributed by atoms with van der Waals surface area (Å²) in [4.78, 5) is 0. The molecule has 0 saturated carbocycles. The average molecular weight is 368 g/mol. The van der Waals surface area contributed by atoms with Crippen LogP contribution in [0, 0.1) is 5.82 Å². The van der Waals surface area contributed by atoms with Gasteiger partial charge in [0, 0.05) is 24.2 Å². The van der Waals surface area contributed by atoms with Crippen molar-refractivity contribution < 1.29 is 13.7 Å². The van der Waals surface area contributed by atoms with Crippen molar-refractivity contribution in [3.05, 3.63) is 71.4 Å². The lowest BCUT2D eigenvalue weighted by atomic mass is 10.1. The van der Waals surface area contributed by atoms with Crippen LogP contribution in [0.15, 0.2) is 64.5 Å². The molecular formula is C20H17FN2O2S. The maximum atomic E-state index is 13.5. The second-order valence-corrected chi connectivity index (χ2v) is 6.71. The summed E-state index contributed by atoms with van der Waals surface area (Å²) < 4.78 is 25.7. The van der Waals surface area contributed by atoms with Gasteiger partial charge in [-0.3, -0.25) is 0 Å². The quantitative estimate of drug-likeness (QED) is 0.473. The molecule has 0 aliphatic heterocycles. The fourth-order valence-corrected chi connectivity index (χ4v) is 3.52. The Bertz CT molecular complexity index is 1010. The van der Waals surface area contributed by atoms with E-state index in [1.54, 1.807) is 23.5 Å². The van der Waals surface area contributed by atoms with Gasteiger partial charge >= 0.3 is 0 Å².